The minimum Gasteiger partial charge on any atom is -0.351 e. The largest absolute Gasteiger partial charge is 0.351 e. The standard InChI is InChI=1S/C16H13BrN6O2/c1-9(24)10-3-2-4-12(7-10)23(16(18)25)14-6-5-11(17)8-13(14)15-19-21-22-20-15/h2-8H,1H3,(H2,18,25)(H,19,20,21,22). The lowest BCUT2D eigenvalue weighted by Crippen LogP contribution is -2.32. The van der Waals surface area contributed by atoms with Crippen LogP contribution >= 0.6 is 15.9 Å². The molecule has 0 aliphatic carbocycles. The van der Waals surface area contributed by atoms with Gasteiger partial charge in [-0.25, -0.2) is 4.79 Å². The minimum atomic E-state index is -0.701. The summed E-state index contributed by atoms with van der Waals surface area (Å²) < 4.78 is 0.776. The zero-order valence-corrected chi connectivity index (χ0v) is 14.7. The maximum Gasteiger partial charge on any atom is 0.323 e. The number of hydrogen-bond acceptors (Lipinski definition) is 5. The van der Waals surface area contributed by atoms with E-state index in [9.17, 15) is 9.59 Å². The number of Topliss-reactive ketones (excluding diaryl/α,β-unsaturated/α-hetero) is 1. The van der Waals surface area contributed by atoms with Crippen molar-refractivity contribution in [1.29, 1.82) is 0 Å². The lowest BCUT2D eigenvalue weighted by Gasteiger charge is -2.23. The summed E-state index contributed by atoms with van der Waals surface area (Å²) in [7, 11) is 0. The summed E-state index contributed by atoms with van der Waals surface area (Å²) in [5.74, 6) is 0.200. The first-order chi connectivity index (χ1) is 12.0. The number of benzene rings is 2. The molecule has 0 fully saturated rings. The molecule has 0 bridgehead atoms. The average Bonchev–Trinajstić information content (AvgIpc) is 3.11. The van der Waals surface area contributed by atoms with Crippen LogP contribution in [-0.2, 0) is 0 Å². The summed E-state index contributed by atoms with van der Waals surface area (Å²) in [5.41, 5.74) is 7.57. The van der Waals surface area contributed by atoms with E-state index < -0.39 is 6.03 Å². The molecular weight excluding hydrogens is 388 g/mol. The van der Waals surface area contributed by atoms with E-state index in [-0.39, 0.29) is 5.78 Å². The van der Waals surface area contributed by atoms with Crippen LogP contribution in [0.15, 0.2) is 46.9 Å². The molecule has 0 spiro atoms. The first kappa shape index (κ1) is 16.8. The Morgan fingerprint density at radius 1 is 1.20 bits per heavy atom. The molecule has 3 N–H and O–H groups in total. The van der Waals surface area contributed by atoms with Gasteiger partial charge in [-0.15, -0.1) is 10.2 Å². The van der Waals surface area contributed by atoms with Crippen LogP contribution in [0, 0.1) is 0 Å². The monoisotopic (exact) mass is 400 g/mol. The molecule has 0 saturated heterocycles. The van der Waals surface area contributed by atoms with Crippen molar-refractivity contribution in [1.82, 2.24) is 20.6 Å². The van der Waals surface area contributed by atoms with Gasteiger partial charge < -0.3 is 5.73 Å². The second kappa shape index (κ2) is 6.81. The second-order valence-electron chi connectivity index (χ2n) is 5.18. The Bertz CT molecular complexity index is 942. The highest BCUT2D eigenvalue weighted by molar-refractivity contribution is 9.10. The molecule has 9 heteroatoms. The molecule has 1 heterocycles. The molecule has 0 aliphatic heterocycles. The number of amides is 2. The van der Waals surface area contributed by atoms with Crippen LogP contribution in [-0.4, -0.2) is 32.4 Å². The predicted octanol–water partition coefficient (Wildman–Crippen LogP) is 3.05. The summed E-state index contributed by atoms with van der Waals surface area (Å²) in [6.45, 7) is 1.46. The molecule has 0 atom stereocenters. The number of anilines is 2. The highest BCUT2D eigenvalue weighted by atomic mass is 79.9. The molecule has 0 radical (unpaired) electrons. The number of H-pyrrole nitrogens is 1. The number of aromatic amines is 1. The Kier molecular flexibility index (Phi) is 4.57. The molecule has 8 nitrogen and oxygen atoms in total. The van der Waals surface area contributed by atoms with E-state index in [2.05, 4.69) is 36.6 Å². The normalized spacial score (nSPS) is 10.5. The molecular formula is C16H13BrN6O2. The van der Waals surface area contributed by atoms with E-state index in [1.54, 1.807) is 42.5 Å². The zero-order valence-electron chi connectivity index (χ0n) is 13.1. The van der Waals surface area contributed by atoms with Gasteiger partial charge in [0.05, 0.1) is 11.4 Å². The Morgan fingerprint density at radius 3 is 2.64 bits per heavy atom. The van der Waals surface area contributed by atoms with E-state index >= 15 is 0 Å². The first-order valence-corrected chi connectivity index (χ1v) is 8.00. The van der Waals surface area contributed by atoms with Gasteiger partial charge in [0.1, 0.15) is 0 Å². The topological polar surface area (TPSA) is 118 Å². The summed E-state index contributed by atoms with van der Waals surface area (Å²) in [5, 5.41) is 13.9. The van der Waals surface area contributed by atoms with Gasteiger partial charge in [-0.05, 0) is 42.5 Å². The lowest BCUT2D eigenvalue weighted by atomic mass is 10.1. The van der Waals surface area contributed by atoms with Gasteiger partial charge >= 0.3 is 6.03 Å². The Balaban J connectivity index is 2.19. The van der Waals surface area contributed by atoms with Crippen molar-refractivity contribution < 1.29 is 9.59 Å². The van der Waals surface area contributed by atoms with E-state index in [4.69, 9.17) is 5.73 Å². The molecule has 2 amide bonds. The average molecular weight is 401 g/mol. The molecule has 25 heavy (non-hydrogen) atoms. The van der Waals surface area contributed by atoms with Crippen molar-refractivity contribution in [2.75, 3.05) is 4.90 Å². The highest BCUT2D eigenvalue weighted by Gasteiger charge is 2.22. The van der Waals surface area contributed by atoms with E-state index in [1.807, 2.05) is 0 Å². The maximum atomic E-state index is 12.2. The number of nitrogens with one attached hydrogen (secondary N) is 1. The van der Waals surface area contributed by atoms with Gasteiger partial charge in [0, 0.05) is 15.6 Å². The number of carbonyl (C=O) groups is 2. The second-order valence-corrected chi connectivity index (χ2v) is 6.09. The SMILES string of the molecule is CC(=O)c1cccc(N(C(N)=O)c2ccc(Br)cc2-c2nn[nH]n2)c1. The maximum absolute atomic E-state index is 12.2. The van der Waals surface area contributed by atoms with Crippen molar-refractivity contribution in [3.63, 3.8) is 0 Å². The van der Waals surface area contributed by atoms with Crippen LogP contribution in [0.1, 0.15) is 17.3 Å². The first-order valence-electron chi connectivity index (χ1n) is 7.21. The lowest BCUT2D eigenvalue weighted by molar-refractivity contribution is 0.101. The fourth-order valence-corrected chi connectivity index (χ4v) is 2.77. The van der Waals surface area contributed by atoms with Gasteiger partial charge in [-0.1, -0.05) is 28.1 Å². The van der Waals surface area contributed by atoms with Crippen LogP contribution < -0.4 is 10.6 Å². The Hall–Kier alpha value is -3.07. The fourth-order valence-electron chi connectivity index (χ4n) is 2.41. The summed E-state index contributed by atoms with van der Waals surface area (Å²) in [4.78, 5) is 25.1. The number of ketones is 1. The number of primary amides is 1. The van der Waals surface area contributed by atoms with Crippen LogP contribution in [0.5, 0.6) is 0 Å². The third kappa shape index (κ3) is 3.41. The molecule has 3 rings (SSSR count). The number of nitrogens with zero attached hydrogens (tertiary/aromatic N) is 4. The Labute approximate surface area is 151 Å². The van der Waals surface area contributed by atoms with Crippen LogP contribution in [0.2, 0.25) is 0 Å². The van der Waals surface area contributed by atoms with Gasteiger partial charge in [0.2, 0.25) is 5.82 Å². The van der Waals surface area contributed by atoms with E-state index in [0.717, 1.165) is 4.47 Å². The molecule has 2 aromatic carbocycles. The third-order valence-corrected chi connectivity index (χ3v) is 4.01. The van der Waals surface area contributed by atoms with Gasteiger partial charge in [-0.2, -0.15) is 5.21 Å². The number of tetrazole rings is 1. The van der Waals surface area contributed by atoms with Crippen LogP contribution in [0.25, 0.3) is 11.4 Å². The van der Waals surface area contributed by atoms with E-state index in [0.29, 0.717) is 28.3 Å². The zero-order chi connectivity index (χ0) is 18.0. The van der Waals surface area contributed by atoms with E-state index in [1.165, 1.54) is 11.8 Å². The smallest absolute Gasteiger partial charge is 0.323 e. The number of aromatic nitrogens is 4. The van der Waals surface area contributed by atoms with Crippen molar-refractivity contribution in [2.45, 2.75) is 6.92 Å². The fraction of sp³-hybridized carbons (Fsp3) is 0.0625. The number of rotatable bonds is 4. The highest BCUT2D eigenvalue weighted by Crippen LogP contribution is 2.35. The van der Waals surface area contributed by atoms with Crippen molar-refractivity contribution in [3.05, 3.63) is 52.5 Å². The molecule has 0 aliphatic rings. The quantitative estimate of drug-likeness (QED) is 0.652. The summed E-state index contributed by atoms with van der Waals surface area (Å²) >= 11 is 3.39. The Morgan fingerprint density at radius 2 is 2.00 bits per heavy atom. The molecule has 0 saturated carbocycles. The number of urea groups is 1. The number of carbonyl (C=O) groups excluding carboxylic acids is 2. The van der Waals surface area contributed by atoms with Crippen molar-refractivity contribution in [2.24, 2.45) is 5.73 Å². The molecule has 3 aromatic rings. The van der Waals surface area contributed by atoms with Crippen molar-refractivity contribution in [3.8, 4) is 11.4 Å². The van der Waals surface area contributed by atoms with Crippen LogP contribution in [0.4, 0.5) is 16.2 Å². The molecule has 126 valence electrons. The van der Waals surface area contributed by atoms with Gasteiger partial charge in [-0.3, -0.25) is 9.69 Å². The van der Waals surface area contributed by atoms with Gasteiger partial charge in [0.15, 0.2) is 5.78 Å². The van der Waals surface area contributed by atoms with Gasteiger partial charge in [0.25, 0.3) is 0 Å². The van der Waals surface area contributed by atoms with Crippen molar-refractivity contribution >= 4 is 39.1 Å². The van der Waals surface area contributed by atoms with Crippen LogP contribution in [0.3, 0.4) is 0 Å². The predicted molar refractivity (Wildman–Crippen MR) is 95.5 cm³/mol. The summed E-state index contributed by atoms with van der Waals surface area (Å²) in [6, 6.07) is 11.2. The molecule has 0 unspecified atom stereocenters. The number of halogens is 1. The third-order valence-electron chi connectivity index (χ3n) is 3.52. The number of nitrogens with two attached hydrogens (primary N) is 1. The molecule has 1 aromatic heterocycles. The summed E-state index contributed by atoms with van der Waals surface area (Å²) in [6.07, 6.45) is 0. The minimum absolute atomic E-state index is 0.111. The number of hydrogen-bond donors (Lipinski definition) is 2.